The van der Waals surface area contributed by atoms with E-state index >= 15 is 0 Å². The first-order valence-corrected chi connectivity index (χ1v) is 8.64. The van der Waals surface area contributed by atoms with Crippen molar-refractivity contribution in [1.29, 1.82) is 0 Å². The molecular weight excluding hydrogens is 330 g/mol. The summed E-state index contributed by atoms with van der Waals surface area (Å²) in [6.07, 6.45) is 0.784. The molecule has 1 atom stereocenters. The number of para-hydroxylation sites is 1. The molecule has 1 aromatic heterocycles. The Morgan fingerprint density at radius 2 is 2.17 bits per heavy atom. The second kappa shape index (κ2) is 7.09. The van der Waals surface area contributed by atoms with Crippen LogP contribution in [0.3, 0.4) is 0 Å². The molecule has 1 amide bonds. The van der Waals surface area contributed by atoms with Gasteiger partial charge in [0.2, 0.25) is 0 Å². The lowest BCUT2D eigenvalue weighted by molar-refractivity contribution is -0.137. The molecule has 126 valence electrons. The van der Waals surface area contributed by atoms with E-state index in [0.717, 1.165) is 11.8 Å². The Morgan fingerprint density at radius 3 is 2.96 bits per heavy atom. The van der Waals surface area contributed by atoms with E-state index in [1.54, 1.807) is 29.2 Å². The smallest absolute Gasteiger partial charge is 0.349 e. The first-order valence-electron chi connectivity index (χ1n) is 7.59. The number of ether oxygens (including phenoxy) is 1. The minimum atomic E-state index is -0.621. The second-order valence-electron chi connectivity index (χ2n) is 5.53. The first kappa shape index (κ1) is 16.6. The highest BCUT2D eigenvalue weighted by atomic mass is 32.2. The predicted molar refractivity (Wildman–Crippen MR) is 91.3 cm³/mol. The number of carbonyl (C=O) groups is 2. The SMILES string of the molecule is COC(=O)CSC1CCN(C(=O)c2cc3ccccc3oc2=O)C1. The van der Waals surface area contributed by atoms with E-state index in [0.29, 0.717) is 18.7 Å². The third kappa shape index (κ3) is 3.46. The minimum absolute atomic E-state index is 0.0484. The lowest BCUT2D eigenvalue weighted by atomic mass is 10.1. The summed E-state index contributed by atoms with van der Waals surface area (Å²) in [5.41, 5.74) is -0.108. The molecule has 6 nitrogen and oxygen atoms in total. The molecule has 1 fully saturated rings. The fraction of sp³-hybridized carbons (Fsp3) is 0.353. The average molecular weight is 347 g/mol. The lowest BCUT2D eigenvalue weighted by Gasteiger charge is -2.15. The maximum Gasteiger partial charge on any atom is 0.349 e. The molecule has 0 saturated carbocycles. The summed E-state index contributed by atoms with van der Waals surface area (Å²) in [4.78, 5) is 37.5. The van der Waals surface area contributed by atoms with E-state index in [1.165, 1.54) is 18.9 Å². The molecule has 7 heteroatoms. The van der Waals surface area contributed by atoms with Gasteiger partial charge in [-0.2, -0.15) is 0 Å². The normalized spacial score (nSPS) is 17.2. The molecule has 0 radical (unpaired) electrons. The van der Waals surface area contributed by atoms with Gasteiger partial charge in [-0.3, -0.25) is 9.59 Å². The van der Waals surface area contributed by atoms with Crippen LogP contribution >= 0.6 is 11.8 Å². The summed E-state index contributed by atoms with van der Waals surface area (Å²) < 4.78 is 9.84. The summed E-state index contributed by atoms with van der Waals surface area (Å²) in [5, 5.41) is 0.886. The Balaban J connectivity index is 1.72. The van der Waals surface area contributed by atoms with E-state index in [4.69, 9.17) is 4.42 Å². The summed E-state index contributed by atoms with van der Waals surface area (Å²) in [5.74, 6) is -0.336. The number of carbonyl (C=O) groups excluding carboxylic acids is 2. The molecule has 1 aromatic carbocycles. The maximum absolute atomic E-state index is 12.6. The van der Waals surface area contributed by atoms with Crippen molar-refractivity contribution in [2.45, 2.75) is 11.7 Å². The van der Waals surface area contributed by atoms with Crippen LogP contribution in [0.4, 0.5) is 0 Å². The average Bonchev–Trinajstić information content (AvgIpc) is 3.07. The van der Waals surface area contributed by atoms with Crippen LogP contribution in [0.5, 0.6) is 0 Å². The number of esters is 1. The van der Waals surface area contributed by atoms with E-state index in [-0.39, 0.29) is 28.4 Å². The second-order valence-corrected chi connectivity index (χ2v) is 6.82. The molecule has 1 unspecified atom stereocenters. The molecular formula is C17H17NO5S. The highest BCUT2D eigenvalue weighted by Crippen LogP contribution is 2.24. The molecule has 0 spiro atoms. The molecule has 0 aliphatic carbocycles. The Bertz CT molecular complexity index is 831. The van der Waals surface area contributed by atoms with Gasteiger partial charge in [0.1, 0.15) is 11.1 Å². The van der Waals surface area contributed by atoms with Crippen LogP contribution in [0.25, 0.3) is 11.0 Å². The molecule has 1 aliphatic rings. The molecule has 3 rings (SSSR count). The van der Waals surface area contributed by atoms with Crippen molar-refractivity contribution in [3.63, 3.8) is 0 Å². The number of amides is 1. The zero-order valence-corrected chi connectivity index (χ0v) is 14.0. The van der Waals surface area contributed by atoms with Crippen LogP contribution in [0.2, 0.25) is 0 Å². The molecule has 1 aliphatic heterocycles. The van der Waals surface area contributed by atoms with Crippen LogP contribution in [0.15, 0.2) is 39.5 Å². The number of fused-ring (bicyclic) bond motifs is 1. The number of benzene rings is 1. The number of rotatable bonds is 4. The van der Waals surface area contributed by atoms with Gasteiger partial charge in [-0.05, 0) is 18.6 Å². The fourth-order valence-electron chi connectivity index (χ4n) is 2.67. The zero-order chi connectivity index (χ0) is 17.1. The number of methoxy groups -OCH3 is 1. The molecule has 24 heavy (non-hydrogen) atoms. The third-order valence-corrected chi connectivity index (χ3v) is 5.23. The molecule has 0 N–H and O–H groups in total. The Labute approximate surface area is 142 Å². The quantitative estimate of drug-likeness (QED) is 0.621. The number of thioether (sulfide) groups is 1. The lowest BCUT2D eigenvalue weighted by Crippen LogP contribution is -2.32. The van der Waals surface area contributed by atoms with Crippen molar-refractivity contribution >= 4 is 34.6 Å². The van der Waals surface area contributed by atoms with Crippen molar-refractivity contribution < 1.29 is 18.7 Å². The van der Waals surface area contributed by atoms with E-state index in [1.807, 2.05) is 6.07 Å². The van der Waals surface area contributed by atoms with Gasteiger partial charge in [0.15, 0.2) is 0 Å². The third-order valence-electron chi connectivity index (χ3n) is 3.97. The van der Waals surface area contributed by atoms with Gasteiger partial charge < -0.3 is 14.1 Å². The Morgan fingerprint density at radius 1 is 1.38 bits per heavy atom. The van der Waals surface area contributed by atoms with E-state index < -0.39 is 5.63 Å². The Kier molecular flexibility index (Phi) is 4.89. The first-order chi connectivity index (χ1) is 11.6. The minimum Gasteiger partial charge on any atom is -0.468 e. The van der Waals surface area contributed by atoms with Crippen molar-refractivity contribution in [1.82, 2.24) is 4.90 Å². The van der Waals surface area contributed by atoms with Crippen molar-refractivity contribution in [2.75, 3.05) is 26.0 Å². The van der Waals surface area contributed by atoms with Crippen LogP contribution in [0, 0.1) is 0 Å². The summed E-state index contributed by atoms with van der Waals surface area (Å²) in [7, 11) is 1.35. The van der Waals surface area contributed by atoms with Crippen LogP contribution < -0.4 is 5.63 Å². The van der Waals surface area contributed by atoms with Crippen LogP contribution in [-0.2, 0) is 9.53 Å². The number of hydrogen-bond donors (Lipinski definition) is 0. The van der Waals surface area contributed by atoms with Crippen LogP contribution in [-0.4, -0.2) is 48.0 Å². The predicted octanol–water partition coefficient (Wildman–Crippen LogP) is 1.91. The zero-order valence-electron chi connectivity index (χ0n) is 13.2. The standard InChI is InChI=1S/C17H17NO5S/c1-22-15(19)10-24-12-6-7-18(9-12)16(20)13-8-11-4-2-3-5-14(11)23-17(13)21/h2-5,8,12H,6-7,9-10H2,1H3. The van der Waals surface area contributed by atoms with E-state index in [9.17, 15) is 14.4 Å². The number of hydrogen-bond acceptors (Lipinski definition) is 6. The summed E-state index contributed by atoms with van der Waals surface area (Å²) >= 11 is 1.47. The molecule has 2 heterocycles. The monoisotopic (exact) mass is 347 g/mol. The summed E-state index contributed by atoms with van der Waals surface area (Å²) in [6.45, 7) is 1.07. The van der Waals surface area contributed by atoms with Gasteiger partial charge >= 0.3 is 11.6 Å². The topological polar surface area (TPSA) is 76.8 Å². The van der Waals surface area contributed by atoms with Gasteiger partial charge in [0, 0.05) is 23.7 Å². The summed E-state index contributed by atoms with van der Waals surface area (Å²) in [6, 6.07) is 8.68. The molecule has 2 aromatic rings. The van der Waals surface area contributed by atoms with Gasteiger partial charge in [-0.25, -0.2) is 4.79 Å². The van der Waals surface area contributed by atoms with Gasteiger partial charge in [0.25, 0.3) is 5.91 Å². The van der Waals surface area contributed by atoms with Crippen molar-refractivity contribution in [2.24, 2.45) is 0 Å². The Hall–Kier alpha value is -2.28. The van der Waals surface area contributed by atoms with Gasteiger partial charge in [0.05, 0.1) is 12.9 Å². The van der Waals surface area contributed by atoms with Crippen LogP contribution in [0.1, 0.15) is 16.8 Å². The highest BCUT2D eigenvalue weighted by Gasteiger charge is 2.29. The van der Waals surface area contributed by atoms with Gasteiger partial charge in [-0.1, -0.05) is 18.2 Å². The van der Waals surface area contributed by atoms with Crippen molar-refractivity contribution in [3.8, 4) is 0 Å². The fourth-order valence-corrected chi connectivity index (χ4v) is 3.72. The maximum atomic E-state index is 12.6. The highest BCUT2D eigenvalue weighted by molar-refractivity contribution is 8.00. The van der Waals surface area contributed by atoms with Gasteiger partial charge in [-0.15, -0.1) is 11.8 Å². The number of likely N-dealkylation sites (tertiary alicyclic amines) is 1. The molecule has 1 saturated heterocycles. The number of nitrogens with zero attached hydrogens (tertiary/aromatic N) is 1. The molecule has 0 bridgehead atoms. The largest absolute Gasteiger partial charge is 0.468 e. The van der Waals surface area contributed by atoms with E-state index in [2.05, 4.69) is 4.74 Å². The van der Waals surface area contributed by atoms with Crippen molar-refractivity contribution in [3.05, 3.63) is 46.3 Å².